The molecule has 0 aromatic heterocycles. The van der Waals surface area contributed by atoms with Gasteiger partial charge in [-0.3, -0.25) is 0 Å². The Balaban J connectivity index is 2.76. The van der Waals surface area contributed by atoms with Crippen LogP contribution in [0.4, 0.5) is 0 Å². The lowest BCUT2D eigenvalue weighted by Gasteiger charge is -2.12. The van der Waals surface area contributed by atoms with Gasteiger partial charge in [0.05, 0.1) is 11.6 Å². The number of methoxy groups -OCH3 is 1. The molecule has 6 heteroatoms. The molecule has 98 valence electrons. The minimum absolute atomic E-state index is 0.0492. The van der Waals surface area contributed by atoms with Crippen LogP contribution in [0.1, 0.15) is 5.56 Å². The Bertz CT molecular complexity index is 433. The summed E-state index contributed by atoms with van der Waals surface area (Å²) in [6.07, 6.45) is 0. The summed E-state index contributed by atoms with van der Waals surface area (Å²) in [4.78, 5) is 0. The highest BCUT2D eigenvalue weighted by Gasteiger charge is 2.10. The first-order chi connectivity index (χ1) is 8.69. The number of benzene rings is 1. The third-order valence-corrected chi connectivity index (χ3v) is 2.66. The first-order valence-corrected chi connectivity index (χ1v) is 6.12. The maximum absolute atomic E-state index is 8.53. The molecule has 0 aliphatic heterocycles. The lowest BCUT2D eigenvalue weighted by atomic mass is 10.2. The SMILES string of the molecule is COCCNCc1cc(Cl)cc(Cl)c1OCC#N. The summed E-state index contributed by atoms with van der Waals surface area (Å²) in [7, 11) is 1.64. The zero-order chi connectivity index (χ0) is 13.4. The van der Waals surface area contributed by atoms with Crippen LogP contribution in [0.3, 0.4) is 0 Å². The zero-order valence-electron chi connectivity index (χ0n) is 10.0. The smallest absolute Gasteiger partial charge is 0.174 e. The predicted octanol–water partition coefficient (Wildman–Crippen LogP) is 2.63. The van der Waals surface area contributed by atoms with Gasteiger partial charge in [-0.05, 0) is 12.1 Å². The minimum atomic E-state index is -0.0492. The molecule has 0 spiro atoms. The topological polar surface area (TPSA) is 54.3 Å². The van der Waals surface area contributed by atoms with Crippen molar-refractivity contribution in [2.75, 3.05) is 26.9 Å². The first kappa shape index (κ1) is 15.1. The molecule has 0 heterocycles. The van der Waals surface area contributed by atoms with Crippen molar-refractivity contribution in [2.45, 2.75) is 6.54 Å². The molecule has 0 unspecified atom stereocenters. The third-order valence-electron chi connectivity index (χ3n) is 2.16. The fraction of sp³-hybridized carbons (Fsp3) is 0.417. The second kappa shape index (κ2) is 8.17. The van der Waals surface area contributed by atoms with E-state index in [-0.39, 0.29) is 6.61 Å². The van der Waals surface area contributed by atoms with Gasteiger partial charge in [0.1, 0.15) is 11.8 Å². The normalized spacial score (nSPS) is 10.1. The summed E-state index contributed by atoms with van der Waals surface area (Å²) in [6, 6.07) is 5.26. The summed E-state index contributed by atoms with van der Waals surface area (Å²) in [5.41, 5.74) is 0.818. The molecule has 0 atom stereocenters. The average molecular weight is 289 g/mol. The Morgan fingerprint density at radius 3 is 2.83 bits per heavy atom. The van der Waals surface area contributed by atoms with E-state index in [9.17, 15) is 0 Å². The Morgan fingerprint density at radius 2 is 2.17 bits per heavy atom. The molecular weight excluding hydrogens is 275 g/mol. The van der Waals surface area contributed by atoms with Crippen LogP contribution in [-0.2, 0) is 11.3 Å². The van der Waals surface area contributed by atoms with Crippen LogP contribution >= 0.6 is 23.2 Å². The van der Waals surface area contributed by atoms with E-state index < -0.39 is 0 Å². The third kappa shape index (κ3) is 4.71. The molecule has 4 nitrogen and oxygen atoms in total. The molecule has 18 heavy (non-hydrogen) atoms. The van der Waals surface area contributed by atoms with Crippen molar-refractivity contribution >= 4 is 23.2 Å². The molecule has 0 amide bonds. The molecule has 1 rings (SSSR count). The van der Waals surface area contributed by atoms with Gasteiger partial charge < -0.3 is 14.8 Å². The molecular formula is C12H14Cl2N2O2. The van der Waals surface area contributed by atoms with Gasteiger partial charge in [0.2, 0.25) is 0 Å². The van der Waals surface area contributed by atoms with E-state index in [0.29, 0.717) is 35.5 Å². The highest BCUT2D eigenvalue weighted by molar-refractivity contribution is 6.35. The Morgan fingerprint density at radius 1 is 1.39 bits per heavy atom. The molecule has 0 aliphatic carbocycles. The van der Waals surface area contributed by atoms with Crippen molar-refractivity contribution < 1.29 is 9.47 Å². The number of hydrogen-bond donors (Lipinski definition) is 1. The standard InChI is InChI=1S/C12H14Cl2N2O2/c1-17-5-3-16-8-9-6-10(13)7-11(14)12(9)18-4-2-15/h6-7,16H,3-5,8H2,1H3. The summed E-state index contributed by atoms with van der Waals surface area (Å²) in [6.45, 7) is 1.82. The number of rotatable bonds is 7. The number of nitrogens with zero attached hydrogens (tertiary/aromatic N) is 1. The molecule has 1 aromatic carbocycles. The lowest BCUT2D eigenvalue weighted by Crippen LogP contribution is -2.19. The van der Waals surface area contributed by atoms with E-state index in [1.807, 2.05) is 6.07 Å². The fourth-order valence-corrected chi connectivity index (χ4v) is 2.00. The van der Waals surface area contributed by atoms with Gasteiger partial charge in [-0.15, -0.1) is 0 Å². The average Bonchev–Trinajstić information content (AvgIpc) is 2.33. The van der Waals surface area contributed by atoms with E-state index in [1.165, 1.54) is 0 Å². The van der Waals surface area contributed by atoms with Crippen LogP contribution < -0.4 is 10.1 Å². The van der Waals surface area contributed by atoms with Crippen molar-refractivity contribution in [2.24, 2.45) is 0 Å². The second-order valence-corrected chi connectivity index (χ2v) is 4.34. The van der Waals surface area contributed by atoms with E-state index in [0.717, 1.165) is 5.56 Å². The lowest BCUT2D eigenvalue weighted by molar-refractivity contribution is 0.199. The summed E-state index contributed by atoms with van der Waals surface area (Å²) < 4.78 is 10.2. The van der Waals surface area contributed by atoms with E-state index in [2.05, 4.69) is 5.32 Å². The molecule has 1 aromatic rings. The summed E-state index contributed by atoms with van der Waals surface area (Å²) >= 11 is 12.0. The van der Waals surface area contributed by atoms with Gasteiger partial charge in [0, 0.05) is 30.8 Å². The largest absolute Gasteiger partial charge is 0.477 e. The maximum Gasteiger partial charge on any atom is 0.174 e. The van der Waals surface area contributed by atoms with Crippen LogP contribution in [0.25, 0.3) is 0 Å². The highest BCUT2D eigenvalue weighted by Crippen LogP contribution is 2.32. The minimum Gasteiger partial charge on any atom is -0.477 e. The van der Waals surface area contributed by atoms with Crippen molar-refractivity contribution in [3.63, 3.8) is 0 Å². The fourth-order valence-electron chi connectivity index (χ4n) is 1.41. The van der Waals surface area contributed by atoms with Gasteiger partial charge in [0.15, 0.2) is 6.61 Å². The van der Waals surface area contributed by atoms with Crippen molar-refractivity contribution in [3.05, 3.63) is 27.7 Å². The number of nitriles is 1. The Hall–Kier alpha value is -0.990. The second-order valence-electron chi connectivity index (χ2n) is 3.49. The molecule has 1 N–H and O–H groups in total. The van der Waals surface area contributed by atoms with Crippen LogP contribution in [-0.4, -0.2) is 26.9 Å². The van der Waals surface area contributed by atoms with Gasteiger partial charge >= 0.3 is 0 Å². The maximum atomic E-state index is 8.53. The van der Waals surface area contributed by atoms with E-state index >= 15 is 0 Å². The monoisotopic (exact) mass is 288 g/mol. The van der Waals surface area contributed by atoms with Crippen molar-refractivity contribution in [1.29, 1.82) is 5.26 Å². The molecule has 0 aliphatic rings. The van der Waals surface area contributed by atoms with E-state index in [1.54, 1.807) is 19.2 Å². The van der Waals surface area contributed by atoms with Crippen molar-refractivity contribution in [3.8, 4) is 11.8 Å². The van der Waals surface area contributed by atoms with Crippen LogP contribution in [0.5, 0.6) is 5.75 Å². The molecule has 0 saturated carbocycles. The van der Waals surface area contributed by atoms with E-state index in [4.69, 9.17) is 37.9 Å². The highest BCUT2D eigenvalue weighted by atomic mass is 35.5. The van der Waals surface area contributed by atoms with Crippen LogP contribution in [0.15, 0.2) is 12.1 Å². The van der Waals surface area contributed by atoms with Gasteiger partial charge in [-0.25, -0.2) is 0 Å². The molecule has 0 radical (unpaired) electrons. The molecule has 0 saturated heterocycles. The van der Waals surface area contributed by atoms with Crippen LogP contribution in [0, 0.1) is 11.3 Å². The number of nitrogens with one attached hydrogen (secondary N) is 1. The Kier molecular flexibility index (Phi) is 6.84. The number of ether oxygens (including phenoxy) is 2. The van der Waals surface area contributed by atoms with Crippen molar-refractivity contribution in [1.82, 2.24) is 5.32 Å². The first-order valence-electron chi connectivity index (χ1n) is 5.36. The van der Waals surface area contributed by atoms with Crippen LogP contribution in [0.2, 0.25) is 10.0 Å². The van der Waals surface area contributed by atoms with Gasteiger partial charge in [-0.1, -0.05) is 23.2 Å². The summed E-state index contributed by atoms with van der Waals surface area (Å²) in [5.74, 6) is 0.493. The quantitative estimate of drug-likeness (QED) is 0.784. The molecule has 0 fully saturated rings. The van der Waals surface area contributed by atoms with Gasteiger partial charge in [0.25, 0.3) is 0 Å². The summed E-state index contributed by atoms with van der Waals surface area (Å²) in [5, 5.41) is 12.6. The number of hydrogen-bond acceptors (Lipinski definition) is 4. The number of halogens is 2. The Labute approximate surface area is 116 Å². The zero-order valence-corrected chi connectivity index (χ0v) is 11.5. The predicted molar refractivity (Wildman–Crippen MR) is 71.2 cm³/mol. The van der Waals surface area contributed by atoms with Gasteiger partial charge in [-0.2, -0.15) is 5.26 Å². The molecule has 0 bridgehead atoms.